The van der Waals surface area contributed by atoms with Gasteiger partial charge < -0.3 is 5.73 Å². The van der Waals surface area contributed by atoms with E-state index in [1.807, 2.05) is 13.8 Å². The van der Waals surface area contributed by atoms with Crippen molar-refractivity contribution in [1.29, 1.82) is 0 Å². The number of nitrogen functional groups attached to an aromatic ring is 1. The van der Waals surface area contributed by atoms with Crippen LogP contribution in [0.25, 0.3) is 0 Å². The Morgan fingerprint density at radius 1 is 1.17 bits per heavy atom. The van der Waals surface area contributed by atoms with Gasteiger partial charge in [-0.3, -0.25) is 4.72 Å². The normalized spacial score (nSPS) is 11.4. The third-order valence-electron chi connectivity index (χ3n) is 2.48. The maximum absolute atomic E-state index is 12.1. The highest BCUT2D eigenvalue weighted by atomic mass is 32.2. The van der Waals surface area contributed by atoms with Crippen LogP contribution in [0, 0.1) is 13.8 Å². The molecular formula is C12H14N2O2S2. The molecule has 0 aliphatic heterocycles. The summed E-state index contributed by atoms with van der Waals surface area (Å²) in [6.07, 6.45) is 0. The molecule has 0 aliphatic rings. The van der Waals surface area contributed by atoms with E-state index >= 15 is 0 Å². The van der Waals surface area contributed by atoms with Crippen molar-refractivity contribution in [3.05, 3.63) is 40.8 Å². The Hall–Kier alpha value is -1.53. The van der Waals surface area contributed by atoms with Crippen molar-refractivity contribution in [2.45, 2.75) is 18.1 Å². The van der Waals surface area contributed by atoms with Crippen molar-refractivity contribution in [1.82, 2.24) is 0 Å². The van der Waals surface area contributed by atoms with Gasteiger partial charge in [0.25, 0.3) is 10.0 Å². The Balaban J connectivity index is 2.33. The van der Waals surface area contributed by atoms with E-state index in [1.165, 1.54) is 11.3 Å². The molecule has 0 bridgehead atoms. The number of aryl methyl sites for hydroxylation is 2. The van der Waals surface area contributed by atoms with Gasteiger partial charge in [-0.1, -0.05) is 0 Å². The van der Waals surface area contributed by atoms with E-state index in [9.17, 15) is 8.42 Å². The minimum Gasteiger partial charge on any atom is -0.399 e. The molecule has 0 radical (unpaired) electrons. The molecule has 1 aromatic carbocycles. The predicted molar refractivity (Wildman–Crippen MR) is 75.5 cm³/mol. The zero-order valence-corrected chi connectivity index (χ0v) is 11.7. The number of hydrogen-bond acceptors (Lipinski definition) is 4. The lowest BCUT2D eigenvalue weighted by Crippen LogP contribution is -2.12. The Bertz CT molecular complexity index is 675. The number of thiophene rings is 1. The zero-order valence-electron chi connectivity index (χ0n) is 10.1. The molecule has 0 fully saturated rings. The molecule has 0 amide bonds. The van der Waals surface area contributed by atoms with Gasteiger partial charge in [0, 0.05) is 10.6 Å². The van der Waals surface area contributed by atoms with Gasteiger partial charge in [-0.05, 0) is 49.7 Å². The first kappa shape index (κ1) is 12.9. The lowest BCUT2D eigenvalue weighted by molar-refractivity contribution is 0.603. The van der Waals surface area contributed by atoms with Crippen LogP contribution in [0.1, 0.15) is 10.4 Å². The van der Waals surface area contributed by atoms with Crippen LogP contribution < -0.4 is 10.5 Å². The smallest absolute Gasteiger partial charge is 0.271 e. The average Bonchev–Trinajstić information content (AvgIpc) is 2.70. The summed E-state index contributed by atoms with van der Waals surface area (Å²) in [5.41, 5.74) is 7.59. The van der Waals surface area contributed by atoms with E-state index in [2.05, 4.69) is 4.72 Å². The van der Waals surface area contributed by atoms with Crippen LogP contribution in [0.15, 0.2) is 34.5 Å². The fourth-order valence-electron chi connectivity index (χ4n) is 1.55. The molecule has 4 nitrogen and oxygen atoms in total. The van der Waals surface area contributed by atoms with Gasteiger partial charge in [-0.15, -0.1) is 11.3 Å². The van der Waals surface area contributed by atoms with Gasteiger partial charge in [0.05, 0.1) is 5.69 Å². The highest BCUT2D eigenvalue weighted by molar-refractivity contribution is 7.94. The second-order valence-corrected chi connectivity index (χ2v) is 7.24. The van der Waals surface area contributed by atoms with Crippen molar-refractivity contribution >= 4 is 32.7 Å². The van der Waals surface area contributed by atoms with Crippen LogP contribution >= 0.6 is 11.3 Å². The monoisotopic (exact) mass is 282 g/mol. The molecule has 0 spiro atoms. The molecule has 18 heavy (non-hydrogen) atoms. The molecule has 96 valence electrons. The van der Waals surface area contributed by atoms with Gasteiger partial charge in [0.15, 0.2) is 0 Å². The summed E-state index contributed by atoms with van der Waals surface area (Å²) in [5.74, 6) is 0. The third kappa shape index (κ3) is 2.65. The first-order chi connectivity index (χ1) is 8.38. The summed E-state index contributed by atoms with van der Waals surface area (Å²) in [6, 6.07) is 8.47. The molecule has 3 N–H and O–H groups in total. The highest BCUT2D eigenvalue weighted by Gasteiger charge is 2.17. The molecule has 0 atom stereocenters. The zero-order chi connectivity index (χ0) is 13.3. The number of anilines is 2. The molecule has 0 saturated carbocycles. The Labute approximate surface area is 111 Å². The van der Waals surface area contributed by atoms with Crippen molar-refractivity contribution in [3.8, 4) is 0 Å². The number of nitrogens with two attached hydrogens (primary N) is 1. The maximum atomic E-state index is 12.1. The lowest BCUT2D eigenvalue weighted by Gasteiger charge is -2.09. The molecule has 2 aromatic rings. The van der Waals surface area contributed by atoms with Gasteiger partial charge in [-0.2, -0.15) is 0 Å². The SMILES string of the molecule is Cc1ccc(S(=O)(=O)Nc2ccc(N)cc2C)s1. The van der Waals surface area contributed by atoms with Crippen LogP contribution in [-0.2, 0) is 10.0 Å². The van der Waals surface area contributed by atoms with E-state index in [4.69, 9.17) is 5.73 Å². The Morgan fingerprint density at radius 2 is 1.89 bits per heavy atom. The largest absolute Gasteiger partial charge is 0.399 e. The molecule has 1 aromatic heterocycles. The predicted octanol–water partition coefficient (Wildman–Crippen LogP) is 2.75. The fourth-order valence-corrected chi connectivity index (χ4v) is 3.97. The molecule has 6 heteroatoms. The molecule has 2 rings (SSSR count). The summed E-state index contributed by atoms with van der Waals surface area (Å²) in [4.78, 5) is 0.962. The van der Waals surface area contributed by atoms with E-state index in [0.717, 1.165) is 10.4 Å². The lowest BCUT2D eigenvalue weighted by atomic mass is 10.2. The van der Waals surface area contributed by atoms with Gasteiger partial charge in [-0.25, -0.2) is 8.42 Å². The van der Waals surface area contributed by atoms with Gasteiger partial charge in [0.1, 0.15) is 4.21 Å². The number of benzene rings is 1. The summed E-state index contributed by atoms with van der Waals surface area (Å²) in [5, 5.41) is 0. The summed E-state index contributed by atoms with van der Waals surface area (Å²) in [6.45, 7) is 3.69. The molecular weight excluding hydrogens is 268 g/mol. The maximum Gasteiger partial charge on any atom is 0.271 e. The molecule has 1 heterocycles. The molecule has 0 aliphatic carbocycles. The first-order valence-corrected chi connectivity index (χ1v) is 7.64. The van der Waals surface area contributed by atoms with E-state index in [0.29, 0.717) is 15.6 Å². The fraction of sp³-hybridized carbons (Fsp3) is 0.167. The minimum atomic E-state index is -3.50. The number of rotatable bonds is 3. The summed E-state index contributed by atoms with van der Waals surface area (Å²) < 4.78 is 27.1. The van der Waals surface area contributed by atoms with Crippen LogP contribution in [0.3, 0.4) is 0 Å². The topological polar surface area (TPSA) is 72.2 Å². The second-order valence-electron chi connectivity index (χ2n) is 4.04. The molecule has 0 saturated heterocycles. The Morgan fingerprint density at radius 3 is 2.44 bits per heavy atom. The van der Waals surface area contributed by atoms with Crippen molar-refractivity contribution in [2.75, 3.05) is 10.5 Å². The van der Waals surface area contributed by atoms with Crippen molar-refractivity contribution < 1.29 is 8.42 Å². The van der Waals surface area contributed by atoms with Crippen molar-refractivity contribution in [3.63, 3.8) is 0 Å². The van der Waals surface area contributed by atoms with E-state index in [1.54, 1.807) is 30.3 Å². The van der Waals surface area contributed by atoms with Gasteiger partial charge in [0.2, 0.25) is 0 Å². The standard InChI is InChI=1S/C12H14N2O2S2/c1-8-7-10(13)4-5-11(8)14-18(15,16)12-6-3-9(2)17-12/h3-7,14H,13H2,1-2H3. The first-order valence-electron chi connectivity index (χ1n) is 5.34. The quantitative estimate of drug-likeness (QED) is 0.850. The van der Waals surface area contributed by atoms with Crippen LogP contribution in [0.2, 0.25) is 0 Å². The minimum absolute atomic E-state index is 0.316. The van der Waals surface area contributed by atoms with Crippen LogP contribution in [0.5, 0.6) is 0 Å². The van der Waals surface area contributed by atoms with Crippen molar-refractivity contribution in [2.24, 2.45) is 0 Å². The number of nitrogens with one attached hydrogen (secondary N) is 1. The summed E-state index contributed by atoms with van der Waals surface area (Å²) >= 11 is 1.25. The highest BCUT2D eigenvalue weighted by Crippen LogP contribution is 2.25. The Kier molecular flexibility index (Phi) is 3.32. The third-order valence-corrected chi connectivity index (χ3v) is 5.33. The molecule has 0 unspecified atom stereocenters. The van der Waals surface area contributed by atoms with Gasteiger partial charge >= 0.3 is 0 Å². The van der Waals surface area contributed by atoms with E-state index < -0.39 is 10.0 Å². The average molecular weight is 282 g/mol. The number of sulfonamides is 1. The van der Waals surface area contributed by atoms with Crippen LogP contribution in [0.4, 0.5) is 11.4 Å². The second kappa shape index (κ2) is 4.62. The number of hydrogen-bond donors (Lipinski definition) is 2. The van der Waals surface area contributed by atoms with Crippen LogP contribution in [-0.4, -0.2) is 8.42 Å². The van der Waals surface area contributed by atoms with E-state index in [-0.39, 0.29) is 0 Å². The summed E-state index contributed by atoms with van der Waals surface area (Å²) in [7, 11) is -3.50.